The van der Waals surface area contributed by atoms with E-state index in [1.54, 1.807) is 57.9 Å². The fourth-order valence-corrected chi connectivity index (χ4v) is 10.1. The lowest BCUT2D eigenvalue weighted by molar-refractivity contribution is -0.130. The molecule has 2 aromatic heterocycles. The van der Waals surface area contributed by atoms with Crippen molar-refractivity contribution in [1.29, 1.82) is 0 Å². The predicted molar refractivity (Wildman–Crippen MR) is 320 cm³/mol. The zero-order chi connectivity index (χ0) is 58.9. The molecule has 20 nitrogen and oxygen atoms in total. The molecule has 6 aromatic carbocycles. The van der Waals surface area contributed by atoms with E-state index >= 15 is 0 Å². The van der Waals surface area contributed by atoms with Crippen LogP contribution in [-0.4, -0.2) is 99.5 Å². The number of carbonyl (C=O) groups is 4. The summed E-state index contributed by atoms with van der Waals surface area (Å²) < 4.78 is 62.5. The molecule has 2 heterocycles. The van der Waals surface area contributed by atoms with Crippen LogP contribution in [0.4, 0.5) is 11.4 Å². The second-order valence-corrected chi connectivity index (χ2v) is 23.7. The lowest BCUT2D eigenvalue weighted by Gasteiger charge is -2.09. The fraction of sp³-hybridized carbons (Fsp3) is 0.233. The third-order valence-electron chi connectivity index (χ3n) is 13.0. The molecule has 23 heteroatoms. The molecule has 8 N–H and O–H groups in total. The predicted octanol–water partition coefficient (Wildman–Crippen LogP) is 7.73. The van der Waals surface area contributed by atoms with Gasteiger partial charge in [0.25, 0.3) is 0 Å². The van der Waals surface area contributed by atoms with Gasteiger partial charge in [0.2, 0.25) is 43.7 Å². The van der Waals surface area contributed by atoms with Crippen LogP contribution in [0.5, 0.6) is 0 Å². The Labute approximate surface area is 490 Å². The highest BCUT2D eigenvalue weighted by molar-refractivity contribution is 9.10. The Morgan fingerprint density at radius 2 is 0.843 bits per heavy atom. The van der Waals surface area contributed by atoms with Gasteiger partial charge in [-0.3, -0.25) is 19.2 Å². The van der Waals surface area contributed by atoms with Crippen molar-refractivity contribution in [2.45, 2.75) is 61.7 Å². The molecule has 83 heavy (non-hydrogen) atoms. The number of amides is 4. The second kappa shape index (κ2) is 28.7. The first-order valence-corrected chi connectivity index (χ1v) is 30.5. The lowest BCUT2D eigenvalue weighted by atomic mass is 10.1. The molecular formula is C60H63BrN10O10S2. The molecule has 0 fully saturated rings. The maximum absolute atomic E-state index is 12.6. The standard InChI is InChI=1S/C60H63BrN10O10S2/c1-41-7-13-44(14-8-41)55-35-49(68-70(55)51-23-27-53(28-24-51)82(62,76)77)33-42-9-19-47(20-10-42)66-59(74)39-80-37-57(72)64-31-5-3-2-4-6-32-65-58(73)38-81-40-60(75)67-48-21-11-43(12-22-48)34-50-36-56(45-15-17-46(61)18-16-45)71(69-50)52-25-29-54(30-26-52)83(63,78)79/h7-30,35-36H,2-6,31-34,37-40H2,1H3,(H,64,72)(H,65,73)(H,66,74)(H,67,75)(H2,62,76,77)(H2,63,78,79). The maximum Gasteiger partial charge on any atom is 0.250 e. The number of nitrogens with one attached hydrogen (secondary N) is 4. The SMILES string of the molecule is Cc1ccc(-c2cc(Cc3ccc(NC(=O)COCC(=O)NCCCCCCCNC(=O)COCC(=O)Nc4ccc(Cc5cc(-c6ccc(Br)cc6)n(-c6ccc(S(N)(=O)=O)cc6)n5)cc4)cc3)nn2-c2ccc(S(N)(=O)=O)cc2)cc1. The highest BCUT2D eigenvalue weighted by Gasteiger charge is 2.18. The number of anilines is 2. The minimum atomic E-state index is -3.86. The largest absolute Gasteiger partial charge is 0.362 e. The molecule has 0 unspecified atom stereocenters. The molecular weight excluding hydrogens is 1160 g/mol. The van der Waals surface area contributed by atoms with E-state index in [9.17, 15) is 36.0 Å². The number of nitrogens with two attached hydrogens (primary N) is 2. The summed E-state index contributed by atoms with van der Waals surface area (Å²) in [5.74, 6) is -1.46. The van der Waals surface area contributed by atoms with Crippen molar-refractivity contribution in [3.8, 4) is 33.9 Å². The summed E-state index contributed by atoms with van der Waals surface area (Å²) in [7, 11) is -7.71. The molecule has 0 bridgehead atoms. The van der Waals surface area contributed by atoms with Gasteiger partial charge in [0.05, 0.1) is 43.9 Å². The van der Waals surface area contributed by atoms with Gasteiger partial charge < -0.3 is 30.7 Å². The van der Waals surface area contributed by atoms with E-state index in [4.69, 9.17) is 29.9 Å². The van der Waals surface area contributed by atoms with Crippen LogP contribution in [0.3, 0.4) is 0 Å². The van der Waals surface area contributed by atoms with Crippen LogP contribution in [-0.2, 0) is 61.5 Å². The van der Waals surface area contributed by atoms with Crippen LogP contribution in [0.2, 0.25) is 0 Å². The van der Waals surface area contributed by atoms with Gasteiger partial charge in [0.15, 0.2) is 0 Å². The first-order chi connectivity index (χ1) is 39.8. The molecule has 0 radical (unpaired) electrons. The van der Waals surface area contributed by atoms with Crippen molar-refractivity contribution in [3.63, 3.8) is 0 Å². The number of benzene rings is 6. The Balaban J connectivity index is 0.651. The molecule has 0 saturated carbocycles. The zero-order valence-corrected chi connectivity index (χ0v) is 48.6. The van der Waals surface area contributed by atoms with Gasteiger partial charge in [0, 0.05) is 52.9 Å². The Kier molecular flexibility index (Phi) is 21.1. The number of aromatic nitrogens is 4. The zero-order valence-electron chi connectivity index (χ0n) is 45.4. The van der Waals surface area contributed by atoms with E-state index in [2.05, 4.69) is 37.2 Å². The Hall–Kier alpha value is -8.16. The molecule has 432 valence electrons. The topological polar surface area (TPSA) is 291 Å². The van der Waals surface area contributed by atoms with E-state index in [1.165, 1.54) is 24.3 Å². The minimum Gasteiger partial charge on any atom is -0.362 e. The van der Waals surface area contributed by atoms with Crippen molar-refractivity contribution in [1.82, 2.24) is 30.2 Å². The van der Waals surface area contributed by atoms with Gasteiger partial charge >= 0.3 is 0 Å². The summed E-state index contributed by atoms with van der Waals surface area (Å²) in [5.41, 5.74) is 10.5. The average molecular weight is 1230 g/mol. The molecule has 0 aliphatic carbocycles. The Bertz CT molecular complexity index is 3500. The number of aryl methyl sites for hydroxylation is 1. The summed E-state index contributed by atoms with van der Waals surface area (Å²) in [6, 6.07) is 46.8. The van der Waals surface area contributed by atoms with Gasteiger partial charge in [-0.1, -0.05) is 101 Å². The number of hydrogen-bond donors (Lipinski definition) is 6. The van der Waals surface area contributed by atoms with Crippen LogP contribution in [0.1, 0.15) is 60.2 Å². The van der Waals surface area contributed by atoms with Crippen molar-refractivity contribution >= 4 is 71.0 Å². The normalized spacial score (nSPS) is 11.5. The van der Waals surface area contributed by atoms with Crippen LogP contribution < -0.4 is 31.5 Å². The summed E-state index contributed by atoms with van der Waals surface area (Å²) in [6.07, 6.45) is 5.14. The van der Waals surface area contributed by atoms with Gasteiger partial charge in [-0.05, 0) is 128 Å². The summed E-state index contributed by atoms with van der Waals surface area (Å²) >= 11 is 3.48. The lowest BCUT2D eigenvalue weighted by Crippen LogP contribution is -2.30. The first-order valence-electron chi connectivity index (χ1n) is 26.6. The van der Waals surface area contributed by atoms with Crippen molar-refractivity contribution in [3.05, 3.63) is 190 Å². The molecule has 0 saturated heterocycles. The van der Waals surface area contributed by atoms with E-state index in [1.807, 2.05) is 91.9 Å². The van der Waals surface area contributed by atoms with Gasteiger partial charge in [-0.2, -0.15) is 10.2 Å². The van der Waals surface area contributed by atoms with Gasteiger partial charge in [0.1, 0.15) is 26.4 Å². The van der Waals surface area contributed by atoms with Crippen LogP contribution >= 0.6 is 15.9 Å². The molecule has 0 aliphatic heterocycles. The van der Waals surface area contributed by atoms with Gasteiger partial charge in [-0.25, -0.2) is 36.5 Å². The van der Waals surface area contributed by atoms with Crippen molar-refractivity contribution in [2.24, 2.45) is 10.3 Å². The smallest absolute Gasteiger partial charge is 0.250 e. The molecule has 8 rings (SSSR count). The van der Waals surface area contributed by atoms with E-state index in [-0.39, 0.29) is 48.0 Å². The molecule has 8 aromatic rings. The summed E-state index contributed by atoms with van der Waals surface area (Å²) in [5, 5.41) is 31.5. The van der Waals surface area contributed by atoms with Crippen LogP contribution in [0.15, 0.2) is 172 Å². The quantitative estimate of drug-likeness (QED) is 0.0257. The number of carbonyl (C=O) groups excluding carboxylic acids is 4. The Morgan fingerprint density at radius 1 is 0.482 bits per heavy atom. The number of ether oxygens (including phenoxy) is 2. The number of primary sulfonamides is 2. The van der Waals surface area contributed by atoms with E-state index < -0.39 is 31.9 Å². The number of nitrogens with zero attached hydrogens (tertiary/aromatic N) is 4. The maximum atomic E-state index is 12.6. The molecule has 4 amide bonds. The number of sulfonamides is 2. The van der Waals surface area contributed by atoms with Crippen molar-refractivity contribution in [2.75, 3.05) is 50.2 Å². The highest BCUT2D eigenvalue weighted by Crippen LogP contribution is 2.29. The molecule has 0 spiro atoms. The Morgan fingerprint density at radius 3 is 1.23 bits per heavy atom. The fourth-order valence-electron chi connectivity index (χ4n) is 8.77. The third-order valence-corrected chi connectivity index (χ3v) is 15.4. The number of rotatable bonds is 28. The van der Waals surface area contributed by atoms with E-state index in [0.29, 0.717) is 48.7 Å². The van der Waals surface area contributed by atoms with E-state index in [0.717, 1.165) is 87.2 Å². The number of halogens is 1. The molecule has 0 atom stereocenters. The summed E-state index contributed by atoms with van der Waals surface area (Å²) in [4.78, 5) is 49.9. The van der Waals surface area contributed by atoms with Gasteiger partial charge in [-0.15, -0.1) is 0 Å². The van der Waals surface area contributed by atoms with Crippen molar-refractivity contribution < 1.29 is 45.5 Å². The second-order valence-electron chi connectivity index (χ2n) is 19.6. The number of hydrogen-bond acceptors (Lipinski definition) is 12. The first kappa shape index (κ1) is 60.9. The summed E-state index contributed by atoms with van der Waals surface area (Å²) in [6.45, 7) is 1.81. The third kappa shape index (κ3) is 18.4. The highest BCUT2D eigenvalue weighted by atomic mass is 79.9. The number of unbranched alkanes of at least 4 members (excludes halogenated alkanes) is 4. The van der Waals surface area contributed by atoms with Crippen LogP contribution in [0.25, 0.3) is 33.9 Å². The monoisotopic (exact) mass is 1230 g/mol. The molecule has 0 aliphatic rings. The minimum absolute atomic E-state index is 0.00124. The van der Waals surface area contributed by atoms with Crippen LogP contribution in [0, 0.1) is 6.92 Å². The average Bonchev–Trinajstić information content (AvgIpc) is 3.90.